The molecule has 3 aromatic rings. The van der Waals surface area contributed by atoms with Gasteiger partial charge in [-0.1, -0.05) is 42.5 Å². The number of aromatic nitrogens is 2. The van der Waals surface area contributed by atoms with Crippen LogP contribution in [0.1, 0.15) is 5.56 Å². The number of benzene rings is 2. The van der Waals surface area contributed by atoms with Crippen LogP contribution in [0.15, 0.2) is 54.6 Å². The van der Waals surface area contributed by atoms with Crippen molar-refractivity contribution in [3.63, 3.8) is 0 Å². The SMILES string of the molecule is Nc1n(CC(=O)O)c2ccccc2[n+]1Cc1ccccc1. The van der Waals surface area contributed by atoms with Crippen molar-refractivity contribution in [1.29, 1.82) is 0 Å². The van der Waals surface area contributed by atoms with Gasteiger partial charge in [-0.15, -0.1) is 0 Å². The maximum Gasteiger partial charge on any atom is 0.356 e. The quantitative estimate of drug-likeness (QED) is 0.715. The first-order chi connectivity index (χ1) is 10.2. The zero-order valence-corrected chi connectivity index (χ0v) is 11.4. The lowest BCUT2D eigenvalue weighted by Crippen LogP contribution is -2.37. The van der Waals surface area contributed by atoms with Gasteiger partial charge in [0.15, 0.2) is 6.54 Å². The zero-order chi connectivity index (χ0) is 14.8. The average Bonchev–Trinajstić information content (AvgIpc) is 2.74. The van der Waals surface area contributed by atoms with Crippen molar-refractivity contribution in [3.05, 3.63) is 60.2 Å². The first kappa shape index (κ1) is 13.2. The molecule has 0 aliphatic carbocycles. The highest BCUT2D eigenvalue weighted by Crippen LogP contribution is 2.16. The largest absolute Gasteiger partial charge is 0.479 e. The van der Waals surface area contributed by atoms with Crippen LogP contribution in [-0.2, 0) is 17.9 Å². The van der Waals surface area contributed by atoms with Gasteiger partial charge >= 0.3 is 11.9 Å². The Morgan fingerprint density at radius 3 is 2.48 bits per heavy atom. The van der Waals surface area contributed by atoms with Gasteiger partial charge in [-0.25, -0.2) is 13.9 Å². The molecular weight excluding hydrogens is 266 g/mol. The Balaban J connectivity index is 2.14. The molecule has 0 radical (unpaired) electrons. The summed E-state index contributed by atoms with van der Waals surface area (Å²) in [7, 11) is 0. The Bertz CT molecular complexity index is 794. The fourth-order valence-corrected chi connectivity index (χ4v) is 2.55. The molecule has 106 valence electrons. The topological polar surface area (TPSA) is 72.1 Å². The van der Waals surface area contributed by atoms with Gasteiger partial charge in [-0.05, 0) is 17.7 Å². The number of nitrogen functional groups attached to an aromatic ring is 1. The van der Waals surface area contributed by atoms with Crippen molar-refractivity contribution in [1.82, 2.24) is 4.57 Å². The van der Waals surface area contributed by atoms with Crippen LogP contribution in [0.25, 0.3) is 11.0 Å². The van der Waals surface area contributed by atoms with Crippen LogP contribution >= 0.6 is 0 Å². The van der Waals surface area contributed by atoms with Crippen molar-refractivity contribution in [2.75, 3.05) is 5.73 Å². The Morgan fingerprint density at radius 1 is 1.10 bits per heavy atom. The number of carboxylic acid groups (broad SMARTS) is 1. The molecule has 0 unspecified atom stereocenters. The third-order valence-corrected chi connectivity index (χ3v) is 3.49. The van der Waals surface area contributed by atoms with Gasteiger partial charge < -0.3 is 5.11 Å². The molecule has 0 saturated heterocycles. The number of carbonyl (C=O) groups is 1. The smallest absolute Gasteiger partial charge is 0.356 e. The Kier molecular flexibility index (Phi) is 3.31. The predicted molar refractivity (Wildman–Crippen MR) is 79.7 cm³/mol. The third kappa shape index (κ3) is 2.45. The van der Waals surface area contributed by atoms with Gasteiger partial charge in [-0.3, -0.25) is 5.73 Å². The van der Waals surface area contributed by atoms with Gasteiger partial charge in [0.2, 0.25) is 0 Å². The van der Waals surface area contributed by atoms with E-state index in [0.29, 0.717) is 12.5 Å². The van der Waals surface area contributed by atoms with Crippen LogP contribution < -0.4 is 10.3 Å². The lowest BCUT2D eigenvalue weighted by Gasteiger charge is -2.01. The van der Waals surface area contributed by atoms with E-state index in [0.717, 1.165) is 16.6 Å². The van der Waals surface area contributed by atoms with Crippen LogP contribution in [0.4, 0.5) is 5.95 Å². The molecule has 5 heteroatoms. The van der Waals surface area contributed by atoms with E-state index >= 15 is 0 Å². The Labute approximate surface area is 121 Å². The molecule has 0 bridgehead atoms. The highest BCUT2D eigenvalue weighted by atomic mass is 16.4. The highest BCUT2D eigenvalue weighted by Gasteiger charge is 2.22. The van der Waals surface area contributed by atoms with Crippen LogP contribution in [0.3, 0.4) is 0 Å². The van der Waals surface area contributed by atoms with E-state index in [2.05, 4.69) is 0 Å². The fraction of sp³-hybridized carbons (Fsp3) is 0.125. The molecule has 0 aliphatic heterocycles. The summed E-state index contributed by atoms with van der Waals surface area (Å²) < 4.78 is 3.56. The molecule has 0 aliphatic rings. The lowest BCUT2D eigenvalue weighted by molar-refractivity contribution is -0.648. The molecule has 0 fully saturated rings. The van der Waals surface area contributed by atoms with Crippen molar-refractivity contribution in [2.45, 2.75) is 13.1 Å². The molecule has 3 rings (SSSR count). The molecule has 1 heterocycles. The minimum absolute atomic E-state index is 0.145. The van der Waals surface area contributed by atoms with E-state index in [9.17, 15) is 4.79 Å². The molecular formula is C16H16N3O2+. The first-order valence-corrected chi connectivity index (χ1v) is 6.69. The predicted octanol–water partition coefficient (Wildman–Crippen LogP) is 1.64. The minimum Gasteiger partial charge on any atom is -0.479 e. The van der Waals surface area contributed by atoms with Crippen molar-refractivity contribution >= 4 is 23.0 Å². The van der Waals surface area contributed by atoms with Gasteiger partial charge in [0, 0.05) is 0 Å². The Morgan fingerprint density at radius 2 is 1.76 bits per heavy atom. The van der Waals surface area contributed by atoms with Crippen LogP contribution in [-0.4, -0.2) is 15.6 Å². The number of hydrogen-bond acceptors (Lipinski definition) is 2. The minimum atomic E-state index is -0.908. The van der Waals surface area contributed by atoms with Crippen molar-refractivity contribution < 1.29 is 14.5 Å². The monoisotopic (exact) mass is 282 g/mol. The van der Waals surface area contributed by atoms with Crippen molar-refractivity contribution in [3.8, 4) is 0 Å². The van der Waals surface area contributed by atoms with E-state index in [-0.39, 0.29) is 6.54 Å². The standard InChI is InChI=1S/C16H15N3O2/c17-16-18(10-12-6-2-1-3-7-12)13-8-4-5-9-14(13)19(16)11-15(20)21/h1-9,17H,10-11H2,(H,20,21)/p+1. The number of carboxylic acids is 1. The summed E-state index contributed by atoms with van der Waals surface area (Å²) in [5, 5.41) is 9.06. The summed E-state index contributed by atoms with van der Waals surface area (Å²) in [4.78, 5) is 11.0. The van der Waals surface area contributed by atoms with Crippen molar-refractivity contribution in [2.24, 2.45) is 0 Å². The number of fused-ring (bicyclic) bond motifs is 1. The van der Waals surface area contributed by atoms with Gasteiger partial charge in [0.1, 0.15) is 11.0 Å². The van der Waals surface area contributed by atoms with E-state index in [1.54, 1.807) is 4.57 Å². The molecule has 5 nitrogen and oxygen atoms in total. The number of nitrogens with zero attached hydrogens (tertiary/aromatic N) is 2. The number of rotatable bonds is 4. The van der Waals surface area contributed by atoms with Crippen LogP contribution in [0.5, 0.6) is 0 Å². The lowest BCUT2D eigenvalue weighted by atomic mass is 10.2. The van der Waals surface area contributed by atoms with E-state index in [4.69, 9.17) is 10.8 Å². The first-order valence-electron chi connectivity index (χ1n) is 6.69. The molecule has 3 N–H and O–H groups in total. The molecule has 0 amide bonds. The van der Waals surface area contributed by atoms with E-state index in [1.807, 2.05) is 59.2 Å². The van der Waals surface area contributed by atoms with Crippen LogP contribution in [0.2, 0.25) is 0 Å². The number of aliphatic carboxylic acids is 1. The van der Waals surface area contributed by atoms with Gasteiger partial charge in [-0.2, -0.15) is 0 Å². The Hall–Kier alpha value is -2.82. The fourth-order valence-electron chi connectivity index (χ4n) is 2.55. The summed E-state index contributed by atoms with van der Waals surface area (Å²) in [6.07, 6.45) is 0. The number of anilines is 1. The van der Waals surface area contributed by atoms with E-state index < -0.39 is 5.97 Å². The molecule has 0 saturated carbocycles. The summed E-state index contributed by atoms with van der Waals surface area (Å²) in [5.74, 6) is -0.461. The summed E-state index contributed by atoms with van der Waals surface area (Å²) in [6, 6.07) is 17.6. The summed E-state index contributed by atoms with van der Waals surface area (Å²) in [6.45, 7) is 0.466. The summed E-state index contributed by atoms with van der Waals surface area (Å²) >= 11 is 0. The summed E-state index contributed by atoms with van der Waals surface area (Å²) in [5.41, 5.74) is 9.05. The second kappa shape index (κ2) is 5.28. The number of nitrogens with two attached hydrogens (primary N) is 1. The molecule has 0 atom stereocenters. The molecule has 1 aromatic heterocycles. The number of hydrogen-bond donors (Lipinski definition) is 2. The molecule has 21 heavy (non-hydrogen) atoms. The van der Waals surface area contributed by atoms with E-state index in [1.165, 1.54) is 0 Å². The average molecular weight is 282 g/mol. The number of para-hydroxylation sites is 2. The second-order valence-corrected chi connectivity index (χ2v) is 4.90. The maximum atomic E-state index is 11.0. The maximum absolute atomic E-state index is 11.0. The molecule has 2 aromatic carbocycles. The normalized spacial score (nSPS) is 10.9. The molecule has 0 spiro atoms. The van der Waals surface area contributed by atoms with Gasteiger partial charge in [0.05, 0.1) is 6.54 Å². The highest BCUT2D eigenvalue weighted by molar-refractivity contribution is 5.77. The third-order valence-electron chi connectivity index (χ3n) is 3.49. The van der Waals surface area contributed by atoms with Crippen LogP contribution in [0, 0.1) is 0 Å². The second-order valence-electron chi connectivity index (χ2n) is 4.90. The zero-order valence-electron chi connectivity index (χ0n) is 11.4. The van der Waals surface area contributed by atoms with Gasteiger partial charge in [0.25, 0.3) is 0 Å². The number of imidazole rings is 1.